The van der Waals surface area contributed by atoms with Crippen LogP contribution in [0.25, 0.3) is 0 Å². The first-order chi connectivity index (χ1) is 22.2. The van der Waals surface area contributed by atoms with Gasteiger partial charge in [-0.1, -0.05) is 129 Å². The molecule has 0 saturated carbocycles. The molecule has 0 fully saturated rings. The fraction of sp³-hybridized carbons (Fsp3) is 1.00. The second-order valence-corrected chi connectivity index (χ2v) is 15.5. The smallest absolute Gasteiger partial charge is 0.351 e. The molecule has 0 heterocycles. The lowest BCUT2D eigenvalue weighted by molar-refractivity contribution is -0.0413. The molecule has 0 saturated heterocycles. The summed E-state index contributed by atoms with van der Waals surface area (Å²) in [7, 11) is 5.57. The molecular formula is C37H82Cl2N2O4Si. The van der Waals surface area contributed by atoms with Crippen LogP contribution in [0.2, 0.25) is 0 Å². The third kappa shape index (κ3) is 40.7. The van der Waals surface area contributed by atoms with Gasteiger partial charge in [0.2, 0.25) is 0 Å². The van der Waals surface area contributed by atoms with Crippen molar-refractivity contribution in [3.05, 3.63) is 0 Å². The highest BCUT2D eigenvalue weighted by Crippen LogP contribution is 2.16. The van der Waals surface area contributed by atoms with E-state index < -0.39 is 9.05 Å². The van der Waals surface area contributed by atoms with E-state index in [-0.39, 0.29) is 17.9 Å². The van der Waals surface area contributed by atoms with Crippen LogP contribution in [0.3, 0.4) is 0 Å². The highest BCUT2D eigenvalue weighted by atomic mass is 35.5. The van der Waals surface area contributed by atoms with Gasteiger partial charge in [0, 0.05) is 31.6 Å². The SMILES string of the molecule is CCCCCCCCCCCCN(C)C.CCCCCCCCCCCCN(C)C.CCO[Si](OCC)(OCC)OC(CCl)CCl. The molecule has 282 valence electrons. The lowest BCUT2D eigenvalue weighted by atomic mass is 10.1. The Hall–Kier alpha value is 0.557. The topological polar surface area (TPSA) is 43.4 Å². The van der Waals surface area contributed by atoms with Gasteiger partial charge in [-0.05, 0) is 74.9 Å². The largest absolute Gasteiger partial charge is 0.680 e. The molecule has 0 radical (unpaired) electrons. The summed E-state index contributed by atoms with van der Waals surface area (Å²) >= 11 is 11.4. The van der Waals surface area contributed by atoms with Gasteiger partial charge in [0.1, 0.15) is 0 Å². The highest BCUT2D eigenvalue weighted by molar-refractivity contribution is 6.53. The summed E-state index contributed by atoms with van der Waals surface area (Å²) in [6, 6.07) is 0. The van der Waals surface area contributed by atoms with Crippen LogP contribution in [0.4, 0.5) is 0 Å². The summed E-state index contributed by atoms with van der Waals surface area (Å²) in [4.78, 5) is 4.56. The minimum Gasteiger partial charge on any atom is -0.351 e. The zero-order valence-electron chi connectivity index (χ0n) is 32.5. The minimum atomic E-state index is -3.07. The van der Waals surface area contributed by atoms with Crippen LogP contribution in [0.5, 0.6) is 0 Å². The van der Waals surface area contributed by atoms with Gasteiger partial charge >= 0.3 is 9.05 Å². The number of unbranched alkanes of at least 4 members (excludes halogenated alkanes) is 18. The molecule has 0 amide bonds. The molecule has 0 rings (SSSR count). The molecule has 0 aromatic heterocycles. The van der Waals surface area contributed by atoms with E-state index in [2.05, 4.69) is 51.8 Å². The van der Waals surface area contributed by atoms with Crippen LogP contribution in [-0.4, -0.2) is 97.8 Å². The first-order valence-electron chi connectivity index (χ1n) is 19.2. The fourth-order valence-electron chi connectivity index (χ4n) is 4.90. The quantitative estimate of drug-likeness (QED) is 0.0392. The molecule has 0 bridgehead atoms. The Kier molecular flexibility index (Phi) is 46.2. The summed E-state index contributed by atoms with van der Waals surface area (Å²) in [5.74, 6) is 0.566. The average molecular weight is 718 g/mol. The van der Waals surface area contributed by atoms with Crippen molar-refractivity contribution in [2.24, 2.45) is 0 Å². The van der Waals surface area contributed by atoms with E-state index >= 15 is 0 Å². The van der Waals surface area contributed by atoms with E-state index in [1.807, 2.05) is 20.8 Å². The van der Waals surface area contributed by atoms with E-state index in [1.165, 1.54) is 142 Å². The number of nitrogens with zero attached hydrogens (tertiary/aromatic N) is 2. The maximum absolute atomic E-state index is 5.72. The third-order valence-corrected chi connectivity index (χ3v) is 10.8. The lowest BCUT2D eigenvalue weighted by Gasteiger charge is -2.29. The van der Waals surface area contributed by atoms with Crippen molar-refractivity contribution in [3.63, 3.8) is 0 Å². The predicted molar refractivity (Wildman–Crippen MR) is 208 cm³/mol. The van der Waals surface area contributed by atoms with Gasteiger partial charge in [0.25, 0.3) is 0 Å². The molecule has 6 nitrogen and oxygen atoms in total. The Balaban J connectivity index is -0.000000603. The first kappa shape index (κ1) is 50.9. The average Bonchev–Trinajstić information content (AvgIpc) is 3.02. The predicted octanol–water partition coefficient (Wildman–Crippen LogP) is 11.3. The molecule has 0 aromatic carbocycles. The van der Waals surface area contributed by atoms with Gasteiger partial charge < -0.3 is 27.5 Å². The van der Waals surface area contributed by atoms with E-state index in [1.54, 1.807) is 0 Å². The van der Waals surface area contributed by atoms with Crippen LogP contribution >= 0.6 is 23.2 Å². The number of hydrogen-bond acceptors (Lipinski definition) is 6. The Morgan fingerprint density at radius 1 is 0.435 bits per heavy atom. The van der Waals surface area contributed by atoms with Crippen molar-refractivity contribution in [1.82, 2.24) is 9.80 Å². The van der Waals surface area contributed by atoms with Gasteiger partial charge in [0.15, 0.2) is 0 Å². The molecule has 9 heteroatoms. The monoisotopic (exact) mass is 717 g/mol. The Morgan fingerprint density at radius 2 is 0.696 bits per heavy atom. The normalized spacial score (nSPS) is 11.6. The number of alkyl halides is 2. The van der Waals surface area contributed by atoms with Crippen LogP contribution in [0.15, 0.2) is 0 Å². The van der Waals surface area contributed by atoms with Gasteiger partial charge in [-0.2, -0.15) is 0 Å². The van der Waals surface area contributed by atoms with E-state index in [9.17, 15) is 0 Å². The summed E-state index contributed by atoms with van der Waals surface area (Å²) in [5, 5.41) is 0. The summed E-state index contributed by atoms with van der Waals surface area (Å²) < 4.78 is 22.2. The molecule has 0 spiro atoms. The second kappa shape index (κ2) is 41.7. The molecule has 0 atom stereocenters. The van der Waals surface area contributed by atoms with E-state index in [4.69, 9.17) is 40.9 Å². The van der Waals surface area contributed by atoms with E-state index in [0.717, 1.165) is 0 Å². The highest BCUT2D eigenvalue weighted by Gasteiger charge is 2.46. The second-order valence-electron chi connectivity index (χ2n) is 12.8. The zero-order chi connectivity index (χ0) is 35.2. The summed E-state index contributed by atoms with van der Waals surface area (Å²) in [5.41, 5.74) is 0. The molecular weight excluding hydrogens is 635 g/mol. The fourth-order valence-corrected chi connectivity index (χ4v) is 7.65. The third-order valence-electron chi connectivity index (χ3n) is 7.54. The Morgan fingerprint density at radius 3 is 0.913 bits per heavy atom. The summed E-state index contributed by atoms with van der Waals surface area (Å²) in [6.07, 6.45) is 28.4. The first-order valence-corrected chi connectivity index (χ1v) is 21.9. The molecule has 0 unspecified atom stereocenters. The van der Waals surface area contributed by atoms with Gasteiger partial charge in [0.05, 0.1) is 6.10 Å². The molecule has 0 aliphatic carbocycles. The molecule has 0 aliphatic heterocycles. The van der Waals surface area contributed by atoms with Crippen LogP contribution < -0.4 is 0 Å². The minimum absolute atomic E-state index is 0.283. The maximum Gasteiger partial charge on any atom is 0.680 e. The molecule has 0 aliphatic rings. The standard InChI is InChI=1S/2C14H31N.C9H20Cl2O4Si/c2*1-4-5-6-7-8-9-10-11-12-13-14-15(2)3;1-4-12-16(13-5-2,14-6-3)15-9(7-10)8-11/h2*4-14H2,1-3H3;9H,4-8H2,1-3H3. The molecule has 0 N–H and O–H groups in total. The lowest BCUT2D eigenvalue weighted by Crippen LogP contribution is -2.52. The van der Waals surface area contributed by atoms with Crippen molar-refractivity contribution in [3.8, 4) is 0 Å². The van der Waals surface area contributed by atoms with Gasteiger partial charge in [-0.3, -0.25) is 0 Å². The van der Waals surface area contributed by atoms with Crippen molar-refractivity contribution in [2.45, 2.75) is 169 Å². The number of halogens is 2. The van der Waals surface area contributed by atoms with Crippen molar-refractivity contribution >= 4 is 32.2 Å². The Bertz CT molecular complexity index is 502. The molecule has 0 aromatic rings. The van der Waals surface area contributed by atoms with Crippen molar-refractivity contribution in [1.29, 1.82) is 0 Å². The van der Waals surface area contributed by atoms with Crippen molar-refractivity contribution in [2.75, 3.05) is 72.9 Å². The van der Waals surface area contributed by atoms with Crippen LogP contribution in [0.1, 0.15) is 163 Å². The van der Waals surface area contributed by atoms with Crippen molar-refractivity contribution < 1.29 is 17.7 Å². The van der Waals surface area contributed by atoms with Gasteiger partial charge in [-0.25, -0.2) is 0 Å². The summed E-state index contributed by atoms with van der Waals surface area (Å²) in [6.45, 7) is 14.1. The molecule has 46 heavy (non-hydrogen) atoms. The number of rotatable bonds is 32. The van der Waals surface area contributed by atoms with Crippen LogP contribution in [-0.2, 0) is 17.7 Å². The van der Waals surface area contributed by atoms with Gasteiger partial charge in [-0.15, -0.1) is 23.2 Å². The number of hydrogen-bond donors (Lipinski definition) is 0. The Labute approximate surface area is 300 Å². The van der Waals surface area contributed by atoms with Crippen LogP contribution in [0, 0.1) is 0 Å². The maximum atomic E-state index is 5.72. The van der Waals surface area contributed by atoms with E-state index in [0.29, 0.717) is 19.8 Å². The zero-order valence-corrected chi connectivity index (χ0v) is 35.0.